The van der Waals surface area contributed by atoms with Gasteiger partial charge in [-0.15, -0.1) is 0 Å². The molecule has 0 aliphatic heterocycles. The van der Waals surface area contributed by atoms with Gasteiger partial charge in [0.2, 0.25) is 0 Å². The number of likely N-dealkylation sites (N-methyl/N-ethyl adjacent to an activating group) is 1. The van der Waals surface area contributed by atoms with Crippen LogP contribution in [0.3, 0.4) is 0 Å². The summed E-state index contributed by atoms with van der Waals surface area (Å²) in [6, 6.07) is 22.0. The van der Waals surface area contributed by atoms with Crippen LogP contribution < -0.4 is 5.32 Å². The van der Waals surface area contributed by atoms with Crippen LogP contribution in [0.2, 0.25) is 0 Å². The minimum atomic E-state index is 0.481. The SMILES string of the molecule is CN(C)CCNC(Cc1ccccc1)Cc1ccccc1. The Labute approximate surface area is 128 Å². The second-order valence-corrected chi connectivity index (χ2v) is 5.83. The molecule has 0 aliphatic rings. The largest absolute Gasteiger partial charge is 0.312 e. The van der Waals surface area contributed by atoms with Gasteiger partial charge in [0, 0.05) is 19.1 Å². The van der Waals surface area contributed by atoms with Crippen molar-refractivity contribution in [3.05, 3.63) is 71.8 Å². The van der Waals surface area contributed by atoms with E-state index in [9.17, 15) is 0 Å². The maximum Gasteiger partial charge on any atom is 0.0148 e. The summed E-state index contributed by atoms with van der Waals surface area (Å²) in [6.45, 7) is 2.09. The zero-order chi connectivity index (χ0) is 14.9. The smallest absolute Gasteiger partial charge is 0.0148 e. The van der Waals surface area contributed by atoms with E-state index in [-0.39, 0.29) is 0 Å². The first kappa shape index (κ1) is 15.7. The molecule has 21 heavy (non-hydrogen) atoms. The number of hydrogen-bond donors (Lipinski definition) is 1. The molecule has 0 bridgehead atoms. The topological polar surface area (TPSA) is 15.3 Å². The molecule has 0 aliphatic carbocycles. The van der Waals surface area contributed by atoms with E-state index in [1.54, 1.807) is 0 Å². The summed E-state index contributed by atoms with van der Waals surface area (Å²) in [5, 5.41) is 3.71. The van der Waals surface area contributed by atoms with E-state index in [0.29, 0.717) is 6.04 Å². The first-order chi connectivity index (χ1) is 10.2. The van der Waals surface area contributed by atoms with Crippen molar-refractivity contribution < 1.29 is 0 Å². The molecule has 2 aromatic carbocycles. The van der Waals surface area contributed by atoms with Gasteiger partial charge in [-0.05, 0) is 38.1 Å². The molecule has 0 radical (unpaired) electrons. The molecule has 2 rings (SSSR count). The third-order valence-corrected chi connectivity index (χ3v) is 3.64. The van der Waals surface area contributed by atoms with Crippen LogP contribution in [0.1, 0.15) is 11.1 Å². The first-order valence-corrected chi connectivity index (χ1v) is 7.70. The molecule has 2 nitrogen and oxygen atoms in total. The molecule has 112 valence electrons. The highest BCUT2D eigenvalue weighted by Crippen LogP contribution is 2.09. The highest BCUT2D eigenvalue weighted by molar-refractivity contribution is 5.19. The van der Waals surface area contributed by atoms with Crippen LogP contribution in [0, 0.1) is 0 Å². The van der Waals surface area contributed by atoms with Gasteiger partial charge in [-0.2, -0.15) is 0 Å². The van der Waals surface area contributed by atoms with Crippen molar-refractivity contribution in [3.63, 3.8) is 0 Å². The fourth-order valence-corrected chi connectivity index (χ4v) is 2.51. The van der Waals surface area contributed by atoms with Crippen molar-refractivity contribution in [2.24, 2.45) is 0 Å². The number of nitrogens with zero attached hydrogens (tertiary/aromatic N) is 1. The summed E-state index contributed by atoms with van der Waals surface area (Å²) in [5.74, 6) is 0. The third kappa shape index (κ3) is 6.11. The monoisotopic (exact) mass is 282 g/mol. The van der Waals surface area contributed by atoms with Crippen molar-refractivity contribution in [2.75, 3.05) is 27.2 Å². The Morgan fingerprint density at radius 2 is 1.29 bits per heavy atom. The second kappa shape index (κ2) is 8.60. The molecule has 1 N–H and O–H groups in total. The molecule has 0 unspecified atom stereocenters. The second-order valence-electron chi connectivity index (χ2n) is 5.83. The van der Waals surface area contributed by atoms with Crippen LogP contribution in [0.5, 0.6) is 0 Å². The predicted molar refractivity (Wildman–Crippen MR) is 90.6 cm³/mol. The molecule has 0 amide bonds. The Morgan fingerprint density at radius 3 is 1.71 bits per heavy atom. The lowest BCUT2D eigenvalue weighted by molar-refractivity contribution is 0.380. The van der Waals surface area contributed by atoms with Gasteiger partial charge in [0.1, 0.15) is 0 Å². The lowest BCUT2D eigenvalue weighted by atomic mass is 9.99. The van der Waals surface area contributed by atoms with Crippen LogP contribution in [0.15, 0.2) is 60.7 Å². The van der Waals surface area contributed by atoms with Gasteiger partial charge in [0.05, 0.1) is 0 Å². The van der Waals surface area contributed by atoms with Crippen molar-refractivity contribution in [3.8, 4) is 0 Å². The van der Waals surface area contributed by atoms with Gasteiger partial charge in [-0.1, -0.05) is 60.7 Å². The molecular formula is C19H26N2. The quantitative estimate of drug-likeness (QED) is 0.801. The van der Waals surface area contributed by atoms with Gasteiger partial charge in [0.15, 0.2) is 0 Å². The predicted octanol–water partition coefficient (Wildman–Crippen LogP) is 2.99. The Kier molecular flexibility index (Phi) is 6.45. The van der Waals surface area contributed by atoms with Crippen molar-refractivity contribution >= 4 is 0 Å². The fourth-order valence-electron chi connectivity index (χ4n) is 2.51. The summed E-state index contributed by atoms with van der Waals surface area (Å²) >= 11 is 0. The molecule has 0 saturated heterocycles. The molecule has 0 heterocycles. The van der Waals surface area contributed by atoms with Gasteiger partial charge < -0.3 is 10.2 Å². The maximum absolute atomic E-state index is 3.71. The molecule has 0 fully saturated rings. The van der Waals surface area contributed by atoms with E-state index in [2.05, 4.69) is 85.0 Å². The summed E-state index contributed by atoms with van der Waals surface area (Å²) < 4.78 is 0. The Morgan fingerprint density at radius 1 is 0.810 bits per heavy atom. The van der Waals surface area contributed by atoms with Crippen molar-refractivity contribution in [1.82, 2.24) is 10.2 Å². The highest BCUT2D eigenvalue weighted by atomic mass is 15.1. The van der Waals surface area contributed by atoms with Gasteiger partial charge in [-0.25, -0.2) is 0 Å². The summed E-state index contributed by atoms with van der Waals surface area (Å²) in [5.41, 5.74) is 2.80. The standard InChI is InChI=1S/C19H26N2/c1-21(2)14-13-20-19(15-17-9-5-3-6-10-17)16-18-11-7-4-8-12-18/h3-12,19-20H,13-16H2,1-2H3. The average molecular weight is 282 g/mol. The lowest BCUT2D eigenvalue weighted by Gasteiger charge is -2.20. The number of benzene rings is 2. The van der Waals surface area contributed by atoms with Gasteiger partial charge in [0.25, 0.3) is 0 Å². The number of nitrogens with one attached hydrogen (secondary N) is 1. The summed E-state index contributed by atoms with van der Waals surface area (Å²) in [7, 11) is 4.23. The minimum Gasteiger partial charge on any atom is -0.312 e. The average Bonchev–Trinajstić information content (AvgIpc) is 2.49. The summed E-state index contributed by atoms with van der Waals surface area (Å²) in [4.78, 5) is 2.22. The highest BCUT2D eigenvalue weighted by Gasteiger charge is 2.10. The minimum absolute atomic E-state index is 0.481. The molecular weight excluding hydrogens is 256 g/mol. The van der Waals surface area contributed by atoms with E-state index in [1.165, 1.54) is 11.1 Å². The van der Waals surface area contributed by atoms with Crippen LogP contribution in [-0.4, -0.2) is 38.1 Å². The number of hydrogen-bond acceptors (Lipinski definition) is 2. The van der Waals surface area contributed by atoms with E-state index >= 15 is 0 Å². The summed E-state index contributed by atoms with van der Waals surface area (Å²) in [6.07, 6.45) is 2.15. The molecule has 0 aromatic heterocycles. The molecule has 0 spiro atoms. The lowest BCUT2D eigenvalue weighted by Crippen LogP contribution is -2.37. The van der Waals surface area contributed by atoms with Gasteiger partial charge >= 0.3 is 0 Å². The van der Waals surface area contributed by atoms with Crippen LogP contribution in [-0.2, 0) is 12.8 Å². The zero-order valence-electron chi connectivity index (χ0n) is 13.1. The van der Waals surface area contributed by atoms with E-state index in [4.69, 9.17) is 0 Å². The van der Waals surface area contributed by atoms with Crippen LogP contribution >= 0.6 is 0 Å². The Balaban J connectivity index is 1.96. The Hall–Kier alpha value is -1.64. The molecule has 2 aromatic rings. The normalized spacial score (nSPS) is 11.2. The molecule has 0 saturated carbocycles. The number of rotatable bonds is 8. The molecule has 0 atom stereocenters. The van der Waals surface area contributed by atoms with Crippen LogP contribution in [0.25, 0.3) is 0 Å². The van der Waals surface area contributed by atoms with E-state index in [1.807, 2.05) is 0 Å². The van der Waals surface area contributed by atoms with Crippen molar-refractivity contribution in [1.29, 1.82) is 0 Å². The molecule has 2 heteroatoms. The fraction of sp³-hybridized carbons (Fsp3) is 0.368. The Bertz CT molecular complexity index is 452. The zero-order valence-corrected chi connectivity index (χ0v) is 13.1. The van der Waals surface area contributed by atoms with Crippen LogP contribution in [0.4, 0.5) is 0 Å². The third-order valence-electron chi connectivity index (χ3n) is 3.64. The maximum atomic E-state index is 3.71. The van der Waals surface area contributed by atoms with E-state index in [0.717, 1.165) is 25.9 Å². The first-order valence-electron chi connectivity index (χ1n) is 7.70. The van der Waals surface area contributed by atoms with E-state index < -0.39 is 0 Å². The van der Waals surface area contributed by atoms with Gasteiger partial charge in [-0.3, -0.25) is 0 Å². The van der Waals surface area contributed by atoms with Crippen molar-refractivity contribution in [2.45, 2.75) is 18.9 Å².